The maximum absolute atomic E-state index is 12.9. The molecule has 1 aromatic carbocycles. The molecule has 3 heterocycles. The van der Waals surface area contributed by atoms with Gasteiger partial charge >= 0.3 is 0 Å². The minimum atomic E-state index is 0.0524. The van der Waals surface area contributed by atoms with Crippen molar-refractivity contribution in [1.82, 2.24) is 19.4 Å². The summed E-state index contributed by atoms with van der Waals surface area (Å²) >= 11 is 1.42. The van der Waals surface area contributed by atoms with Crippen LogP contribution in [0.5, 0.6) is 0 Å². The van der Waals surface area contributed by atoms with Gasteiger partial charge in [0.2, 0.25) is 0 Å². The predicted octanol–water partition coefficient (Wildman–Crippen LogP) is 2.43. The number of hydrogen-bond acceptors (Lipinski definition) is 5. The van der Waals surface area contributed by atoms with Crippen molar-refractivity contribution in [2.24, 2.45) is 0 Å². The van der Waals surface area contributed by atoms with Crippen LogP contribution in [0, 0.1) is 6.92 Å². The van der Waals surface area contributed by atoms with Gasteiger partial charge in [0.25, 0.3) is 5.91 Å². The standard InChI is InChI=1S/C16H17N5OS/c1-10-5-11(6-13-14(10)19-16(17)23-13)15(22)20-3-2-4-21-9-18-7-12(21)8-20/h5-7,9H,2-4,8H2,1H3,(H2,17,19). The minimum absolute atomic E-state index is 0.0524. The van der Waals surface area contributed by atoms with E-state index in [4.69, 9.17) is 5.73 Å². The summed E-state index contributed by atoms with van der Waals surface area (Å²) in [4.78, 5) is 23.3. The molecule has 1 aliphatic rings. The zero-order valence-corrected chi connectivity index (χ0v) is 13.6. The van der Waals surface area contributed by atoms with Crippen molar-refractivity contribution in [1.29, 1.82) is 0 Å². The summed E-state index contributed by atoms with van der Waals surface area (Å²) in [6.07, 6.45) is 4.60. The lowest BCUT2D eigenvalue weighted by atomic mass is 10.1. The molecule has 1 amide bonds. The molecule has 3 aromatic rings. The van der Waals surface area contributed by atoms with Crippen molar-refractivity contribution in [2.75, 3.05) is 12.3 Å². The van der Waals surface area contributed by atoms with Crippen LogP contribution in [0.3, 0.4) is 0 Å². The molecule has 23 heavy (non-hydrogen) atoms. The number of amides is 1. The van der Waals surface area contributed by atoms with E-state index in [0.29, 0.717) is 17.2 Å². The van der Waals surface area contributed by atoms with Crippen molar-refractivity contribution < 1.29 is 4.79 Å². The van der Waals surface area contributed by atoms with Crippen LogP contribution in [0.15, 0.2) is 24.7 Å². The van der Waals surface area contributed by atoms with Gasteiger partial charge in [0.15, 0.2) is 5.13 Å². The molecule has 2 N–H and O–H groups in total. The lowest BCUT2D eigenvalue weighted by Gasteiger charge is -2.20. The molecule has 4 rings (SSSR count). The van der Waals surface area contributed by atoms with E-state index >= 15 is 0 Å². The monoisotopic (exact) mass is 327 g/mol. The number of aromatic nitrogens is 3. The van der Waals surface area contributed by atoms with Crippen molar-refractivity contribution in [3.63, 3.8) is 0 Å². The van der Waals surface area contributed by atoms with Gasteiger partial charge in [-0.1, -0.05) is 11.3 Å². The lowest BCUT2D eigenvalue weighted by molar-refractivity contribution is 0.0746. The summed E-state index contributed by atoms with van der Waals surface area (Å²) in [5, 5.41) is 0.534. The molecule has 0 aliphatic carbocycles. The Morgan fingerprint density at radius 1 is 1.35 bits per heavy atom. The molecule has 118 valence electrons. The Morgan fingerprint density at radius 3 is 3.09 bits per heavy atom. The van der Waals surface area contributed by atoms with Crippen LogP contribution in [0.25, 0.3) is 10.2 Å². The first-order valence-corrected chi connectivity index (χ1v) is 8.38. The number of fused-ring (bicyclic) bond motifs is 2. The molecule has 0 fully saturated rings. The van der Waals surface area contributed by atoms with E-state index in [2.05, 4.69) is 14.5 Å². The number of carbonyl (C=O) groups excluding carboxylic acids is 1. The first-order valence-electron chi connectivity index (χ1n) is 7.57. The highest BCUT2D eigenvalue weighted by atomic mass is 32.1. The number of nitrogens with two attached hydrogens (primary N) is 1. The van der Waals surface area contributed by atoms with Gasteiger partial charge in [0, 0.05) is 24.8 Å². The van der Waals surface area contributed by atoms with Crippen LogP contribution < -0.4 is 5.73 Å². The van der Waals surface area contributed by atoms with Crippen molar-refractivity contribution in [2.45, 2.75) is 26.4 Å². The lowest BCUT2D eigenvalue weighted by Crippen LogP contribution is -2.30. The number of thiazole rings is 1. The second kappa shape index (κ2) is 5.34. The smallest absolute Gasteiger partial charge is 0.254 e. The zero-order chi connectivity index (χ0) is 16.0. The molecule has 0 saturated heterocycles. The summed E-state index contributed by atoms with van der Waals surface area (Å²) in [6.45, 7) is 4.22. The molecule has 2 aromatic heterocycles. The fourth-order valence-corrected chi connectivity index (χ4v) is 3.93. The van der Waals surface area contributed by atoms with Crippen LogP contribution in [-0.4, -0.2) is 31.9 Å². The van der Waals surface area contributed by atoms with E-state index in [1.807, 2.05) is 36.5 Å². The van der Waals surface area contributed by atoms with Gasteiger partial charge in [0.05, 0.1) is 28.8 Å². The number of anilines is 1. The Balaban J connectivity index is 1.69. The minimum Gasteiger partial charge on any atom is -0.375 e. The molecule has 7 heteroatoms. The molecule has 0 unspecified atom stereocenters. The molecule has 0 spiro atoms. The summed E-state index contributed by atoms with van der Waals surface area (Å²) < 4.78 is 3.08. The molecule has 0 saturated carbocycles. The average Bonchev–Trinajstić information content (AvgIpc) is 3.06. The third-order valence-electron chi connectivity index (χ3n) is 4.21. The summed E-state index contributed by atoms with van der Waals surface area (Å²) in [7, 11) is 0. The molecular weight excluding hydrogens is 310 g/mol. The molecular formula is C16H17N5OS. The zero-order valence-electron chi connectivity index (χ0n) is 12.8. The highest BCUT2D eigenvalue weighted by molar-refractivity contribution is 7.22. The van der Waals surface area contributed by atoms with Crippen LogP contribution in [0.4, 0.5) is 5.13 Å². The van der Waals surface area contributed by atoms with Crippen LogP contribution in [-0.2, 0) is 13.1 Å². The number of hydrogen-bond donors (Lipinski definition) is 1. The Morgan fingerprint density at radius 2 is 2.22 bits per heavy atom. The van der Waals surface area contributed by atoms with Gasteiger partial charge < -0.3 is 15.2 Å². The second-order valence-corrected chi connectivity index (χ2v) is 6.91. The third kappa shape index (κ3) is 2.46. The molecule has 6 nitrogen and oxygen atoms in total. The summed E-state index contributed by atoms with van der Waals surface area (Å²) in [6, 6.07) is 3.81. The second-order valence-electron chi connectivity index (χ2n) is 5.85. The predicted molar refractivity (Wildman–Crippen MR) is 90.4 cm³/mol. The van der Waals surface area contributed by atoms with Gasteiger partial charge in [-0.2, -0.15) is 0 Å². The quantitative estimate of drug-likeness (QED) is 0.744. The Labute approximate surface area is 137 Å². The Bertz CT molecular complexity index is 897. The van der Waals surface area contributed by atoms with E-state index in [0.717, 1.165) is 41.0 Å². The maximum atomic E-state index is 12.9. The van der Waals surface area contributed by atoms with E-state index in [-0.39, 0.29) is 5.91 Å². The van der Waals surface area contributed by atoms with Crippen LogP contribution in [0.1, 0.15) is 28.0 Å². The number of carbonyl (C=O) groups is 1. The third-order valence-corrected chi connectivity index (χ3v) is 5.05. The molecule has 0 radical (unpaired) electrons. The van der Waals surface area contributed by atoms with Crippen molar-refractivity contribution in [3.05, 3.63) is 41.5 Å². The fourth-order valence-electron chi connectivity index (χ4n) is 3.08. The largest absolute Gasteiger partial charge is 0.375 e. The van der Waals surface area contributed by atoms with Gasteiger partial charge in [-0.05, 0) is 31.0 Å². The number of benzene rings is 1. The molecule has 1 aliphatic heterocycles. The number of rotatable bonds is 1. The Hall–Kier alpha value is -2.41. The Kier molecular flexibility index (Phi) is 3.30. The van der Waals surface area contributed by atoms with Gasteiger partial charge in [-0.25, -0.2) is 9.97 Å². The first-order chi connectivity index (χ1) is 11.1. The molecule has 0 bridgehead atoms. The SMILES string of the molecule is Cc1cc(C(=O)N2CCCn3cncc3C2)cc2sc(N)nc12. The summed E-state index contributed by atoms with van der Waals surface area (Å²) in [5.74, 6) is 0.0524. The first kappa shape index (κ1) is 14.2. The van der Waals surface area contributed by atoms with E-state index < -0.39 is 0 Å². The highest BCUT2D eigenvalue weighted by Gasteiger charge is 2.21. The molecule has 0 atom stereocenters. The highest BCUT2D eigenvalue weighted by Crippen LogP contribution is 2.28. The number of imidazole rings is 1. The number of nitrogens with zero attached hydrogens (tertiary/aromatic N) is 4. The van der Waals surface area contributed by atoms with E-state index in [1.54, 1.807) is 0 Å². The maximum Gasteiger partial charge on any atom is 0.254 e. The fraction of sp³-hybridized carbons (Fsp3) is 0.312. The number of nitrogen functional groups attached to an aromatic ring is 1. The van der Waals surface area contributed by atoms with E-state index in [9.17, 15) is 4.79 Å². The van der Waals surface area contributed by atoms with Gasteiger partial charge in [0.1, 0.15) is 0 Å². The number of aryl methyl sites for hydroxylation is 2. The van der Waals surface area contributed by atoms with Crippen molar-refractivity contribution >= 4 is 32.6 Å². The topological polar surface area (TPSA) is 77.0 Å². The average molecular weight is 327 g/mol. The van der Waals surface area contributed by atoms with Crippen molar-refractivity contribution in [3.8, 4) is 0 Å². The summed E-state index contributed by atoms with van der Waals surface area (Å²) in [5.41, 5.74) is 9.44. The van der Waals surface area contributed by atoms with Gasteiger partial charge in [-0.15, -0.1) is 0 Å². The van der Waals surface area contributed by atoms with Crippen LogP contribution in [0.2, 0.25) is 0 Å². The van der Waals surface area contributed by atoms with Crippen LogP contribution >= 0.6 is 11.3 Å². The van der Waals surface area contributed by atoms with E-state index in [1.165, 1.54) is 11.3 Å². The normalized spacial score (nSPS) is 14.7. The van der Waals surface area contributed by atoms with Gasteiger partial charge in [-0.3, -0.25) is 4.79 Å².